The van der Waals surface area contributed by atoms with Crippen LogP contribution in [0.5, 0.6) is 0 Å². The zero-order valence-corrected chi connectivity index (χ0v) is 19.2. The number of rotatable bonds is 18. The van der Waals surface area contributed by atoms with Crippen molar-refractivity contribution in [3.8, 4) is 0 Å². The van der Waals surface area contributed by atoms with Crippen LogP contribution in [0.2, 0.25) is 0 Å². The molecule has 0 aromatic carbocycles. The zero-order valence-electron chi connectivity index (χ0n) is 18.2. The Morgan fingerprint density at radius 2 is 1.03 bits per heavy atom. The maximum Gasteiger partial charge on any atom is 0.508 e. The molecule has 2 saturated heterocycles. The third-order valence-electron chi connectivity index (χ3n) is 5.44. The fourth-order valence-electron chi connectivity index (χ4n) is 3.67. The van der Waals surface area contributed by atoms with E-state index < -0.39 is 12.3 Å². The van der Waals surface area contributed by atoms with E-state index in [0.717, 1.165) is 77.0 Å². The molecule has 31 heavy (non-hydrogen) atoms. The van der Waals surface area contributed by atoms with Crippen LogP contribution in [0.15, 0.2) is 0 Å². The Hall–Kier alpha value is -1.69. The van der Waals surface area contributed by atoms with Crippen LogP contribution in [-0.2, 0) is 28.5 Å². The van der Waals surface area contributed by atoms with E-state index in [2.05, 4.69) is 0 Å². The number of carbonyl (C=O) groups excluding carboxylic acids is 4. The zero-order chi connectivity index (χ0) is 22.3. The molecule has 0 aromatic heterocycles. The number of carbonyl (C=O) groups is 4. The van der Waals surface area contributed by atoms with Gasteiger partial charge in [0.05, 0.1) is 0 Å². The molecule has 9 heteroatoms. The minimum Gasteiger partial charge on any atom is -0.430 e. The van der Waals surface area contributed by atoms with Gasteiger partial charge in [-0.25, -0.2) is 9.59 Å². The lowest BCUT2D eigenvalue weighted by Crippen LogP contribution is -2.09. The maximum absolute atomic E-state index is 12.0. The van der Waals surface area contributed by atoms with E-state index in [1.807, 2.05) is 0 Å². The van der Waals surface area contributed by atoms with Gasteiger partial charge in [-0.1, -0.05) is 38.5 Å². The standard InChI is InChI=1S/C22H35O8P/c23-19(13-9-5-1-3-7-11-17-15-27-21(25)29-17)31-20(24)14-10-6-2-4-8-12-18-16-28-22(26)30-18/h17-18,31H,1-16H2. The molecule has 0 saturated carbocycles. The SMILES string of the molecule is O=C1OCC(CCCCCCCC(=O)PC(=O)CCCCCCCC2COC(=O)O2)O1. The minimum absolute atomic E-state index is 0.0772. The van der Waals surface area contributed by atoms with E-state index >= 15 is 0 Å². The monoisotopic (exact) mass is 458 g/mol. The van der Waals surface area contributed by atoms with Crippen LogP contribution in [0.3, 0.4) is 0 Å². The molecule has 8 nitrogen and oxygen atoms in total. The van der Waals surface area contributed by atoms with Gasteiger partial charge in [0.15, 0.2) is 11.0 Å². The fraction of sp³-hybridized carbons (Fsp3) is 0.818. The Bertz CT molecular complexity index is 544. The molecule has 2 aliphatic heterocycles. The van der Waals surface area contributed by atoms with Crippen molar-refractivity contribution in [2.24, 2.45) is 0 Å². The van der Waals surface area contributed by atoms with Crippen LogP contribution in [0, 0.1) is 0 Å². The highest BCUT2D eigenvalue weighted by Crippen LogP contribution is 2.22. The second kappa shape index (κ2) is 15.2. The molecule has 2 aliphatic rings. The average Bonchev–Trinajstić information content (AvgIpc) is 3.34. The van der Waals surface area contributed by atoms with Gasteiger partial charge in [-0.15, -0.1) is 0 Å². The van der Waals surface area contributed by atoms with Crippen LogP contribution in [0.4, 0.5) is 9.59 Å². The van der Waals surface area contributed by atoms with E-state index in [9.17, 15) is 19.2 Å². The van der Waals surface area contributed by atoms with Crippen molar-refractivity contribution in [3.63, 3.8) is 0 Å². The predicted octanol–water partition coefficient (Wildman–Crippen LogP) is 5.25. The Morgan fingerprint density at radius 1 is 0.645 bits per heavy atom. The van der Waals surface area contributed by atoms with Crippen LogP contribution >= 0.6 is 8.58 Å². The molecule has 0 amide bonds. The maximum atomic E-state index is 12.0. The number of hydrogen-bond acceptors (Lipinski definition) is 8. The molecule has 0 aliphatic carbocycles. The lowest BCUT2D eigenvalue weighted by molar-refractivity contribution is -0.113. The first kappa shape index (κ1) is 25.6. The van der Waals surface area contributed by atoms with Crippen LogP contribution in [-0.4, -0.2) is 48.8 Å². The molecular weight excluding hydrogens is 423 g/mol. The number of ether oxygens (including phenoxy) is 4. The largest absolute Gasteiger partial charge is 0.508 e. The molecule has 2 rings (SSSR count). The van der Waals surface area contributed by atoms with E-state index in [4.69, 9.17) is 18.9 Å². The lowest BCUT2D eigenvalue weighted by atomic mass is 10.1. The molecule has 0 spiro atoms. The van der Waals surface area contributed by atoms with E-state index in [-0.39, 0.29) is 31.8 Å². The van der Waals surface area contributed by atoms with Gasteiger partial charge in [-0.05, 0) is 38.5 Å². The van der Waals surface area contributed by atoms with Crippen molar-refractivity contribution in [2.45, 2.75) is 102 Å². The Kier molecular flexibility index (Phi) is 12.5. The summed E-state index contributed by atoms with van der Waals surface area (Å²) >= 11 is 0. The highest BCUT2D eigenvalue weighted by Gasteiger charge is 2.24. The molecule has 0 radical (unpaired) electrons. The number of hydrogen-bond donors (Lipinski definition) is 0. The van der Waals surface area contributed by atoms with Gasteiger partial charge in [0, 0.05) is 21.4 Å². The normalized spacial score (nSPS) is 20.5. The van der Waals surface area contributed by atoms with Crippen molar-refractivity contribution in [1.82, 2.24) is 0 Å². The van der Waals surface area contributed by atoms with Gasteiger partial charge >= 0.3 is 12.3 Å². The van der Waals surface area contributed by atoms with Crippen molar-refractivity contribution in [1.29, 1.82) is 0 Å². The molecule has 2 atom stereocenters. The summed E-state index contributed by atoms with van der Waals surface area (Å²) in [5.41, 5.74) is 0.154. The Balaban J connectivity index is 1.32. The van der Waals surface area contributed by atoms with E-state index in [1.165, 1.54) is 0 Å². The summed E-state index contributed by atoms with van der Waals surface area (Å²) in [5, 5.41) is 0. The summed E-state index contributed by atoms with van der Waals surface area (Å²) < 4.78 is 19.4. The second-order valence-corrected chi connectivity index (χ2v) is 9.55. The topological polar surface area (TPSA) is 105 Å². The first-order chi connectivity index (χ1) is 15.0. The Labute approximate surface area is 185 Å². The summed E-state index contributed by atoms with van der Waals surface area (Å²) in [5.74, 6) is 0. The molecule has 0 N–H and O–H groups in total. The number of cyclic esters (lactones) is 4. The molecule has 0 aromatic rings. The summed E-state index contributed by atoms with van der Waals surface area (Å²) in [6, 6.07) is 0. The van der Waals surface area contributed by atoms with Crippen molar-refractivity contribution < 1.29 is 38.1 Å². The first-order valence-electron chi connectivity index (χ1n) is 11.5. The molecule has 2 fully saturated rings. The lowest BCUT2D eigenvalue weighted by Gasteiger charge is -2.06. The van der Waals surface area contributed by atoms with Gasteiger partial charge in [0.25, 0.3) is 0 Å². The van der Waals surface area contributed by atoms with E-state index in [1.54, 1.807) is 0 Å². The van der Waals surface area contributed by atoms with Crippen molar-refractivity contribution in [2.75, 3.05) is 13.2 Å². The molecule has 0 bridgehead atoms. The molecular formula is C22H35O8P. The fourth-order valence-corrected chi connectivity index (χ4v) is 4.59. The highest BCUT2D eigenvalue weighted by molar-refractivity contribution is 7.73. The predicted molar refractivity (Wildman–Crippen MR) is 115 cm³/mol. The van der Waals surface area contributed by atoms with Crippen molar-refractivity contribution >= 4 is 31.9 Å². The van der Waals surface area contributed by atoms with Crippen LogP contribution < -0.4 is 0 Å². The van der Waals surface area contributed by atoms with Gasteiger partial charge in [-0.2, -0.15) is 0 Å². The number of unbranched alkanes of at least 4 members (excludes halogenated alkanes) is 8. The van der Waals surface area contributed by atoms with Gasteiger partial charge in [-0.3, -0.25) is 9.59 Å². The second-order valence-electron chi connectivity index (χ2n) is 8.19. The van der Waals surface area contributed by atoms with Gasteiger partial charge < -0.3 is 18.9 Å². The summed E-state index contributed by atoms with van der Waals surface area (Å²) in [4.78, 5) is 45.5. The molecule has 176 valence electrons. The van der Waals surface area contributed by atoms with Gasteiger partial charge in [0.2, 0.25) is 0 Å². The first-order valence-corrected chi connectivity index (χ1v) is 12.5. The molecule has 2 unspecified atom stereocenters. The minimum atomic E-state index is -0.570. The van der Waals surface area contributed by atoms with Crippen LogP contribution in [0.25, 0.3) is 0 Å². The third-order valence-corrected chi connectivity index (χ3v) is 6.50. The van der Waals surface area contributed by atoms with Crippen molar-refractivity contribution in [3.05, 3.63) is 0 Å². The quantitative estimate of drug-likeness (QED) is 0.156. The third kappa shape index (κ3) is 12.1. The Morgan fingerprint density at radius 3 is 1.42 bits per heavy atom. The van der Waals surface area contributed by atoms with Crippen LogP contribution in [0.1, 0.15) is 89.9 Å². The summed E-state index contributed by atoms with van der Waals surface area (Å²) in [6.07, 6.45) is 11.1. The molecule has 2 heterocycles. The van der Waals surface area contributed by atoms with E-state index in [0.29, 0.717) is 26.1 Å². The van der Waals surface area contributed by atoms with Gasteiger partial charge in [0.1, 0.15) is 25.4 Å². The summed E-state index contributed by atoms with van der Waals surface area (Å²) in [6.45, 7) is 0.717. The average molecular weight is 458 g/mol. The smallest absolute Gasteiger partial charge is 0.430 e. The summed E-state index contributed by atoms with van der Waals surface area (Å²) in [7, 11) is -0.197. The highest BCUT2D eigenvalue weighted by atomic mass is 31.1.